The van der Waals surface area contributed by atoms with Crippen molar-refractivity contribution in [3.8, 4) is 5.75 Å². The van der Waals surface area contributed by atoms with Crippen molar-refractivity contribution >= 4 is 15.9 Å². The number of aliphatic hydroxyl groups is 1. The van der Waals surface area contributed by atoms with Crippen LogP contribution in [-0.4, -0.2) is 10.2 Å². The summed E-state index contributed by atoms with van der Waals surface area (Å²) >= 11 is 3.47. The molecule has 0 spiro atoms. The summed E-state index contributed by atoms with van der Waals surface area (Å²) in [5, 5.41) is 18.8. The van der Waals surface area contributed by atoms with E-state index in [0.29, 0.717) is 5.56 Å². The fraction of sp³-hybridized carbons (Fsp3) is 0.600. The Morgan fingerprint density at radius 3 is 2.39 bits per heavy atom. The molecular weight excluding hydrogens is 292 g/mol. The highest BCUT2D eigenvalue weighted by Gasteiger charge is 2.09. The van der Waals surface area contributed by atoms with Crippen molar-refractivity contribution in [3.05, 3.63) is 27.7 Å². The summed E-state index contributed by atoms with van der Waals surface area (Å²) in [6, 6.07) is 3.60. The molecule has 1 aromatic rings. The number of unbranched alkanes of at least 4 members (excludes halogenated alkanes) is 5. The van der Waals surface area contributed by atoms with E-state index in [-0.39, 0.29) is 12.4 Å². The predicted molar refractivity (Wildman–Crippen MR) is 78.8 cm³/mol. The Kier molecular flexibility index (Phi) is 7.36. The average molecular weight is 315 g/mol. The number of hydrogen-bond acceptors (Lipinski definition) is 2. The molecular formula is C15H23BrO2. The first-order valence-electron chi connectivity index (χ1n) is 6.80. The minimum Gasteiger partial charge on any atom is -0.508 e. The second-order valence-electron chi connectivity index (χ2n) is 4.71. The molecule has 0 bridgehead atoms. The van der Waals surface area contributed by atoms with Crippen LogP contribution in [-0.2, 0) is 13.0 Å². The van der Waals surface area contributed by atoms with Gasteiger partial charge < -0.3 is 10.2 Å². The van der Waals surface area contributed by atoms with Crippen molar-refractivity contribution in [3.63, 3.8) is 0 Å². The van der Waals surface area contributed by atoms with E-state index >= 15 is 0 Å². The van der Waals surface area contributed by atoms with Crippen LogP contribution in [0.2, 0.25) is 0 Å². The molecule has 2 N–H and O–H groups in total. The van der Waals surface area contributed by atoms with E-state index in [0.717, 1.165) is 17.3 Å². The Hall–Kier alpha value is -0.540. The molecule has 2 nitrogen and oxygen atoms in total. The number of benzene rings is 1. The molecule has 18 heavy (non-hydrogen) atoms. The lowest BCUT2D eigenvalue weighted by molar-refractivity contribution is 0.274. The van der Waals surface area contributed by atoms with Crippen LogP contribution in [0.5, 0.6) is 5.75 Å². The molecule has 0 radical (unpaired) electrons. The molecule has 3 heteroatoms. The summed E-state index contributed by atoms with van der Waals surface area (Å²) < 4.78 is 0.860. The molecule has 0 saturated carbocycles. The second-order valence-corrected chi connectivity index (χ2v) is 5.51. The third-order valence-corrected chi connectivity index (χ3v) is 4.24. The van der Waals surface area contributed by atoms with Gasteiger partial charge in [-0.1, -0.05) is 45.1 Å². The molecule has 0 fully saturated rings. The van der Waals surface area contributed by atoms with Crippen LogP contribution < -0.4 is 0 Å². The molecule has 0 saturated heterocycles. The monoisotopic (exact) mass is 314 g/mol. The lowest BCUT2D eigenvalue weighted by Gasteiger charge is -2.10. The van der Waals surface area contributed by atoms with Crippen molar-refractivity contribution in [2.75, 3.05) is 0 Å². The van der Waals surface area contributed by atoms with Crippen molar-refractivity contribution in [1.29, 1.82) is 0 Å². The second kappa shape index (κ2) is 8.54. The van der Waals surface area contributed by atoms with Gasteiger partial charge in [0, 0.05) is 10.0 Å². The average Bonchev–Trinajstić information content (AvgIpc) is 2.36. The Labute approximate surface area is 118 Å². The lowest BCUT2D eigenvalue weighted by atomic mass is 10.0. The van der Waals surface area contributed by atoms with E-state index in [4.69, 9.17) is 0 Å². The topological polar surface area (TPSA) is 40.5 Å². The van der Waals surface area contributed by atoms with Gasteiger partial charge in [-0.2, -0.15) is 0 Å². The van der Waals surface area contributed by atoms with Crippen LogP contribution in [0.3, 0.4) is 0 Å². The number of rotatable bonds is 8. The quantitative estimate of drug-likeness (QED) is 0.691. The third-order valence-electron chi connectivity index (χ3n) is 3.26. The molecule has 1 aromatic carbocycles. The van der Waals surface area contributed by atoms with Gasteiger partial charge in [0.25, 0.3) is 0 Å². The molecule has 0 aromatic heterocycles. The molecule has 1 rings (SSSR count). The number of aryl methyl sites for hydroxylation is 1. The van der Waals surface area contributed by atoms with Gasteiger partial charge in [0.1, 0.15) is 5.75 Å². The maximum atomic E-state index is 9.59. The van der Waals surface area contributed by atoms with Crippen molar-refractivity contribution < 1.29 is 10.2 Å². The highest BCUT2D eigenvalue weighted by atomic mass is 79.9. The minimum absolute atomic E-state index is 0.128. The SMILES string of the molecule is CCCCCCCCc1ccc(O)c(CO)c1Br. The zero-order chi connectivity index (χ0) is 13.4. The number of halogens is 1. The van der Waals surface area contributed by atoms with E-state index in [9.17, 15) is 10.2 Å². The summed E-state index contributed by atoms with van der Waals surface area (Å²) in [7, 11) is 0. The fourth-order valence-electron chi connectivity index (χ4n) is 2.10. The number of phenols is 1. The molecule has 0 aliphatic carbocycles. The highest BCUT2D eigenvalue weighted by Crippen LogP contribution is 2.30. The summed E-state index contributed by atoms with van der Waals surface area (Å²) in [6.07, 6.45) is 8.66. The predicted octanol–water partition coefficient (Wildman–Crippen LogP) is 4.55. The Bertz CT molecular complexity index is 364. The fourth-order valence-corrected chi connectivity index (χ4v) is 2.76. The summed E-state index contributed by atoms with van der Waals surface area (Å²) in [5.74, 6) is 0.163. The van der Waals surface area contributed by atoms with Crippen LogP contribution in [0.15, 0.2) is 16.6 Å². The van der Waals surface area contributed by atoms with E-state index in [1.54, 1.807) is 6.07 Å². The largest absolute Gasteiger partial charge is 0.508 e. The first-order valence-corrected chi connectivity index (χ1v) is 7.60. The van der Waals surface area contributed by atoms with Crippen LogP contribution in [0.25, 0.3) is 0 Å². The van der Waals surface area contributed by atoms with E-state index in [2.05, 4.69) is 22.9 Å². The van der Waals surface area contributed by atoms with Crippen LogP contribution in [0.4, 0.5) is 0 Å². The Morgan fingerprint density at radius 2 is 1.72 bits per heavy atom. The zero-order valence-corrected chi connectivity index (χ0v) is 12.7. The van der Waals surface area contributed by atoms with E-state index < -0.39 is 0 Å². The first kappa shape index (κ1) is 15.5. The molecule has 0 atom stereocenters. The van der Waals surface area contributed by atoms with Gasteiger partial charge in [0.2, 0.25) is 0 Å². The smallest absolute Gasteiger partial charge is 0.122 e. The zero-order valence-electron chi connectivity index (χ0n) is 11.1. The maximum Gasteiger partial charge on any atom is 0.122 e. The first-order chi connectivity index (χ1) is 8.70. The molecule has 0 heterocycles. The van der Waals surface area contributed by atoms with Crippen LogP contribution in [0, 0.1) is 0 Å². The van der Waals surface area contributed by atoms with Gasteiger partial charge in [-0.05, 0) is 40.4 Å². The van der Waals surface area contributed by atoms with Gasteiger partial charge in [0.05, 0.1) is 6.61 Å². The van der Waals surface area contributed by atoms with Crippen molar-refractivity contribution in [2.24, 2.45) is 0 Å². The Balaban J connectivity index is 2.43. The molecule has 0 amide bonds. The third kappa shape index (κ3) is 4.62. The van der Waals surface area contributed by atoms with Crippen molar-refractivity contribution in [2.45, 2.75) is 58.5 Å². The van der Waals surface area contributed by atoms with E-state index in [1.807, 2.05) is 6.07 Å². The number of aliphatic hydroxyl groups excluding tert-OH is 1. The minimum atomic E-state index is -0.128. The summed E-state index contributed by atoms with van der Waals surface area (Å²) in [5.41, 5.74) is 1.77. The van der Waals surface area contributed by atoms with Gasteiger partial charge in [-0.15, -0.1) is 0 Å². The van der Waals surface area contributed by atoms with Crippen LogP contribution in [0.1, 0.15) is 56.6 Å². The molecule has 0 aliphatic heterocycles. The van der Waals surface area contributed by atoms with E-state index in [1.165, 1.54) is 37.7 Å². The normalized spacial score (nSPS) is 10.8. The number of hydrogen-bond donors (Lipinski definition) is 2. The molecule has 102 valence electrons. The standard InChI is InChI=1S/C15H23BrO2/c1-2-3-4-5-6-7-8-12-9-10-14(18)13(11-17)15(12)16/h9-10,17-18H,2-8,11H2,1H3. The summed E-state index contributed by atoms with van der Waals surface area (Å²) in [6.45, 7) is 2.10. The molecule has 0 aliphatic rings. The Morgan fingerprint density at radius 1 is 1.06 bits per heavy atom. The van der Waals surface area contributed by atoms with Crippen LogP contribution >= 0.6 is 15.9 Å². The molecule has 0 unspecified atom stereocenters. The van der Waals surface area contributed by atoms with Crippen molar-refractivity contribution in [1.82, 2.24) is 0 Å². The maximum absolute atomic E-state index is 9.59. The van der Waals surface area contributed by atoms with Gasteiger partial charge >= 0.3 is 0 Å². The number of aromatic hydroxyl groups is 1. The van der Waals surface area contributed by atoms with Gasteiger partial charge in [0.15, 0.2) is 0 Å². The highest BCUT2D eigenvalue weighted by molar-refractivity contribution is 9.10. The lowest BCUT2D eigenvalue weighted by Crippen LogP contribution is -1.94. The summed E-state index contributed by atoms with van der Waals surface area (Å²) in [4.78, 5) is 0. The van der Waals surface area contributed by atoms with Gasteiger partial charge in [-0.25, -0.2) is 0 Å². The van der Waals surface area contributed by atoms with Gasteiger partial charge in [-0.3, -0.25) is 0 Å².